The van der Waals surface area contributed by atoms with Gasteiger partial charge in [-0.15, -0.1) is 0 Å². The van der Waals surface area contributed by atoms with Crippen LogP contribution in [0.1, 0.15) is 53.9 Å². The second-order valence-electron chi connectivity index (χ2n) is 6.84. The van der Waals surface area contributed by atoms with Crippen molar-refractivity contribution in [2.24, 2.45) is 23.2 Å². The lowest BCUT2D eigenvalue weighted by Gasteiger charge is -2.38. The van der Waals surface area contributed by atoms with Gasteiger partial charge in [-0.3, -0.25) is 9.59 Å². The predicted octanol–water partition coefficient (Wildman–Crippen LogP) is 2.67. The van der Waals surface area contributed by atoms with E-state index in [2.05, 4.69) is 26.1 Å². The van der Waals surface area contributed by atoms with Crippen molar-refractivity contribution >= 4 is 11.9 Å². The smallest absolute Gasteiger partial charge is 0.318 e. The summed E-state index contributed by atoms with van der Waals surface area (Å²) in [7, 11) is 0. The van der Waals surface area contributed by atoms with Gasteiger partial charge in [0.05, 0.1) is 0 Å². The molecule has 1 rings (SSSR count). The summed E-state index contributed by atoms with van der Waals surface area (Å²) in [6.45, 7) is 9.45. The summed E-state index contributed by atoms with van der Waals surface area (Å²) in [6.07, 6.45) is 3.25. The molecule has 1 saturated carbocycles. The Hall–Kier alpha value is -1.06. The van der Waals surface area contributed by atoms with Crippen LogP contribution in [0.25, 0.3) is 0 Å². The Bertz CT molecular complexity index is 349. The molecular formula is C15H27NO3. The van der Waals surface area contributed by atoms with Gasteiger partial charge in [0.2, 0.25) is 5.91 Å². The van der Waals surface area contributed by atoms with Crippen LogP contribution in [0.3, 0.4) is 0 Å². The summed E-state index contributed by atoms with van der Waals surface area (Å²) in [5.41, 5.74) is -1.36. The first-order valence-electron chi connectivity index (χ1n) is 7.20. The highest BCUT2D eigenvalue weighted by Gasteiger charge is 2.39. The maximum atomic E-state index is 12.2. The first-order chi connectivity index (χ1) is 8.66. The maximum Gasteiger partial charge on any atom is 0.318 e. The molecule has 110 valence electrons. The Labute approximate surface area is 116 Å². The Balaban J connectivity index is 2.77. The fourth-order valence-electron chi connectivity index (χ4n) is 2.81. The summed E-state index contributed by atoms with van der Waals surface area (Å²) in [5.74, 6) is 0.100. The van der Waals surface area contributed by atoms with E-state index in [1.54, 1.807) is 0 Å². The summed E-state index contributed by atoms with van der Waals surface area (Å²) in [5, 5.41) is 12.1. The molecule has 1 amide bonds. The summed E-state index contributed by atoms with van der Waals surface area (Å²) >= 11 is 0. The second kappa shape index (κ2) is 5.93. The first kappa shape index (κ1) is 16.0. The molecule has 0 aliphatic heterocycles. The van der Waals surface area contributed by atoms with Crippen LogP contribution in [0.2, 0.25) is 0 Å². The third kappa shape index (κ3) is 3.71. The zero-order valence-corrected chi connectivity index (χ0v) is 12.7. The van der Waals surface area contributed by atoms with Gasteiger partial charge in [-0.05, 0) is 44.4 Å². The molecule has 0 aromatic rings. The van der Waals surface area contributed by atoms with Crippen LogP contribution in [0, 0.1) is 23.2 Å². The van der Waals surface area contributed by atoms with Gasteiger partial charge in [0.25, 0.3) is 0 Å². The van der Waals surface area contributed by atoms with Crippen molar-refractivity contribution in [3.63, 3.8) is 0 Å². The molecule has 2 N–H and O–H groups in total. The summed E-state index contributed by atoms with van der Waals surface area (Å²) in [6, 6.07) is 0.106. The molecule has 1 fully saturated rings. The topological polar surface area (TPSA) is 66.4 Å². The molecule has 1 aliphatic carbocycles. The Morgan fingerprint density at radius 3 is 2.32 bits per heavy atom. The van der Waals surface area contributed by atoms with Crippen LogP contribution in [0.15, 0.2) is 0 Å². The van der Waals surface area contributed by atoms with Gasteiger partial charge in [-0.2, -0.15) is 0 Å². The number of nitrogens with one attached hydrogen (secondary N) is 1. The van der Waals surface area contributed by atoms with E-state index in [9.17, 15) is 9.59 Å². The molecule has 0 radical (unpaired) electrons. The first-order valence-corrected chi connectivity index (χ1v) is 7.20. The number of hydrogen-bond donors (Lipinski definition) is 2. The van der Waals surface area contributed by atoms with E-state index in [1.165, 1.54) is 20.3 Å². The summed E-state index contributed by atoms with van der Waals surface area (Å²) < 4.78 is 0. The van der Waals surface area contributed by atoms with E-state index < -0.39 is 11.4 Å². The second-order valence-corrected chi connectivity index (χ2v) is 6.84. The van der Waals surface area contributed by atoms with Crippen LogP contribution >= 0.6 is 0 Å². The van der Waals surface area contributed by atoms with Gasteiger partial charge in [-0.25, -0.2) is 0 Å². The molecule has 0 heterocycles. The Kier molecular flexibility index (Phi) is 4.99. The molecule has 0 saturated heterocycles. The van der Waals surface area contributed by atoms with Crippen LogP contribution in [0.4, 0.5) is 0 Å². The molecule has 0 unspecified atom stereocenters. The fraction of sp³-hybridized carbons (Fsp3) is 0.867. The number of aliphatic carboxylic acids is 1. The molecule has 0 aromatic heterocycles. The molecule has 4 nitrogen and oxygen atoms in total. The van der Waals surface area contributed by atoms with E-state index in [0.29, 0.717) is 17.8 Å². The van der Waals surface area contributed by atoms with Crippen molar-refractivity contribution in [2.75, 3.05) is 0 Å². The Morgan fingerprint density at radius 1 is 1.26 bits per heavy atom. The minimum atomic E-state index is -1.36. The van der Waals surface area contributed by atoms with E-state index in [4.69, 9.17) is 5.11 Å². The van der Waals surface area contributed by atoms with E-state index in [0.717, 1.165) is 12.8 Å². The molecule has 0 bridgehead atoms. The lowest BCUT2D eigenvalue weighted by atomic mass is 9.73. The third-order valence-corrected chi connectivity index (χ3v) is 4.44. The van der Waals surface area contributed by atoms with Crippen molar-refractivity contribution in [2.45, 2.75) is 59.9 Å². The number of rotatable bonds is 4. The van der Waals surface area contributed by atoms with Gasteiger partial charge in [0.15, 0.2) is 0 Å². The number of carbonyl (C=O) groups is 2. The highest BCUT2D eigenvalue weighted by Crippen LogP contribution is 2.34. The standard InChI is InChI=1S/C15H27NO3/c1-9(2)11-7-6-10(3)8-12(11)16-13(17)15(4,5)14(18)19/h9-12H,6-8H2,1-5H3,(H,16,17)(H,18,19)/t10-,11+,12+/m1/s1. The van der Waals surface area contributed by atoms with Crippen LogP contribution in [0.5, 0.6) is 0 Å². The van der Waals surface area contributed by atoms with E-state index in [-0.39, 0.29) is 11.9 Å². The average Bonchev–Trinajstić information content (AvgIpc) is 2.28. The number of carbonyl (C=O) groups excluding carboxylic acids is 1. The fourth-order valence-corrected chi connectivity index (χ4v) is 2.81. The van der Waals surface area contributed by atoms with Crippen molar-refractivity contribution in [1.29, 1.82) is 0 Å². The van der Waals surface area contributed by atoms with Crippen LogP contribution in [-0.4, -0.2) is 23.0 Å². The van der Waals surface area contributed by atoms with Gasteiger partial charge in [-0.1, -0.05) is 27.2 Å². The SMILES string of the molecule is CC(C)[C@@H]1CC[C@@H](C)C[C@@H]1NC(=O)C(C)(C)C(=O)O. The zero-order valence-electron chi connectivity index (χ0n) is 12.7. The normalized spacial score (nSPS) is 28.2. The lowest BCUT2D eigenvalue weighted by Crippen LogP contribution is -2.51. The van der Waals surface area contributed by atoms with Gasteiger partial charge in [0, 0.05) is 6.04 Å². The van der Waals surface area contributed by atoms with Crippen molar-refractivity contribution < 1.29 is 14.7 Å². The van der Waals surface area contributed by atoms with Crippen molar-refractivity contribution in [1.82, 2.24) is 5.32 Å². The molecule has 19 heavy (non-hydrogen) atoms. The lowest BCUT2D eigenvalue weighted by molar-refractivity contribution is -0.154. The number of carboxylic acids is 1. The Morgan fingerprint density at radius 2 is 1.84 bits per heavy atom. The highest BCUT2D eigenvalue weighted by atomic mass is 16.4. The molecule has 0 aromatic carbocycles. The quantitative estimate of drug-likeness (QED) is 0.771. The van der Waals surface area contributed by atoms with Crippen molar-refractivity contribution in [3.05, 3.63) is 0 Å². The number of hydrogen-bond acceptors (Lipinski definition) is 2. The minimum absolute atomic E-state index is 0.106. The minimum Gasteiger partial charge on any atom is -0.480 e. The largest absolute Gasteiger partial charge is 0.480 e. The highest BCUT2D eigenvalue weighted by molar-refractivity contribution is 6.01. The monoisotopic (exact) mass is 269 g/mol. The van der Waals surface area contributed by atoms with Crippen LogP contribution in [-0.2, 0) is 9.59 Å². The van der Waals surface area contributed by atoms with Crippen LogP contribution < -0.4 is 5.32 Å². The predicted molar refractivity (Wildman–Crippen MR) is 74.7 cm³/mol. The van der Waals surface area contributed by atoms with Gasteiger partial charge < -0.3 is 10.4 Å². The molecule has 3 atom stereocenters. The number of carboxylic acid groups (broad SMARTS) is 1. The van der Waals surface area contributed by atoms with E-state index >= 15 is 0 Å². The molecule has 0 spiro atoms. The van der Waals surface area contributed by atoms with Crippen molar-refractivity contribution in [3.8, 4) is 0 Å². The maximum absolute atomic E-state index is 12.2. The number of amides is 1. The van der Waals surface area contributed by atoms with E-state index in [1.807, 2.05) is 0 Å². The average molecular weight is 269 g/mol. The third-order valence-electron chi connectivity index (χ3n) is 4.44. The van der Waals surface area contributed by atoms with Gasteiger partial charge in [0.1, 0.15) is 5.41 Å². The molecule has 4 heteroatoms. The summed E-state index contributed by atoms with van der Waals surface area (Å²) in [4.78, 5) is 23.3. The van der Waals surface area contributed by atoms with Gasteiger partial charge >= 0.3 is 5.97 Å². The molecule has 1 aliphatic rings. The molecular weight excluding hydrogens is 242 g/mol. The zero-order chi connectivity index (χ0) is 14.8.